The van der Waals surface area contributed by atoms with E-state index in [9.17, 15) is 0 Å². The Morgan fingerprint density at radius 3 is 1.39 bits per heavy atom. The Hall–Kier alpha value is -7.22. The van der Waals surface area contributed by atoms with Gasteiger partial charge in [0.25, 0.3) is 0 Å². The van der Waals surface area contributed by atoms with Crippen LogP contribution in [0.1, 0.15) is 22.3 Å². The Labute approximate surface area is 326 Å². The summed E-state index contributed by atoms with van der Waals surface area (Å²) in [7, 11) is 0. The van der Waals surface area contributed by atoms with Gasteiger partial charge in [0, 0.05) is 16.5 Å². The number of hydrogen-bond acceptors (Lipinski definition) is 0. The molecule has 56 heavy (non-hydrogen) atoms. The van der Waals surface area contributed by atoms with Crippen LogP contribution in [0.3, 0.4) is 0 Å². The molecule has 1 unspecified atom stereocenters. The van der Waals surface area contributed by atoms with E-state index in [1.54, 1.807) is 0 Å². The third-order valence-corrected chi connectivity index (χ3v) is 12.4. The van der Waals surface area contributed by atoms with Gasteiger partial charge >= 0.3 is 0 Å². The molecule has 0 N–H and O–H groups in total. The average Bonchev–Trinajstić information content (AvgIpc) is 3.89. The molecular formula is C55H35N. The third kappa shape index (κ3) is 4.20. The van der Waals surface area contributed by atoms with Gasteiger partial charge in [-0.05, 0) is 108 Å². The van der Waals surface area contributed by atoms with Gasteiger partial charge in [-0.1, -0.05) is 182 Å². The molecule has 0 saturated heterocycles. The van der Waals surface area contributed by atoms with Crippen LogP contribution in [-0.2, 0) is 5.41 Å². The van der Waals surface area contributed by atoms with E-state index in [1.807, 2.05) is 0 Å². The number of aromatic nitrogens is 1. The van der Waals surface area contributed by atoms with Crippen LogP contribution in [0.25, 0.3) is 83.1 Å². The van der Waals surface area contributed by atoms with Crippen molar-refractivity contribution in [1.29, 1.82) is 0 Å². The topological polar surface area (TPSA) is 4.93 Å². The van der Waals surface area contributed by atoms with Crippen LogP contribution in [0.2, 0.25) is 0 Å². The van der Waals surface area contributed by atoms with Crippen molar-refractivity contribution in [2.24, 2.45) is 0 Å². The van der Waals surface area contributed by atoms with Gasteiger partial charge in [0.2, 0.25) is 0 Å². The fourth-order valence-electron chi connectivity index (χ4n) is 10.2. The lowest BCUT2D eigenvalue weighted by atomic mass is 9.70. The van der Waals surface area contributed by atoms with E-state index in [4.69, 9.17) is 0 Å². The molecule has 0 saturated carbocycles. The van der Waals surface area contributed by atoms with Crippen LogP contribution >= 0.6 is 0 Å². The minimum atomic E-state index is -0.416. The molecule has 2 aliphatic carbocycles. The van der Waals surface area contributed by atoms with Crippen molar-refractivity contribution >= 4 is 21.8 Å². The molecule has 1 heterocycles. The van der Waals surface area contributed by atoms with Gasteiger partial charge in [0.15, 0.2) is 0 Å². The molecule has 1 atom stereocenters. The Balaban J connectivity index is 1.04. The number of hydrogen-bond donors (Lipinski definition) is 0. The SMILES string of the molecule is c1ccc(-c2ccc3c(c2)c2ccccc2n3-c2ccc(-c3cccc4c3-c3ccccc3C43c4ccccc4-c4c(-c5ccccc5)cccc43)cc2)cc1. The Bertz CT molecular complexity index is 3170. The van der Waals surface area contributed by atoms with Gasteiger partial charge in [-0.15, -0.1) is 0 Å². The molecule has 0 aliphatic heterocycles. The summed E-state index contributed by atoms with van der Waals surface area (Å²) in [6, 6.07) is 78.6. The van der Waals surface area contributed by atoms with E-state index in [0.717, 1.165) is 5.69 Å². The summed E-state index contributed by atoms with van der Waals surface area (Å²) in [6.07, 6.45) is 0. The van der Waals surface area contributed by atoms with Gasteiger partial charge in [-0.25, -0.2) is 0 Å². The maximum Gasteiger partial charge on any atom is 0.0725 e. The van der Waals surface area contributed by atoms with Crippen molar-refractivity contribution in [2.45, 2.75) is 5.41 Å². The Kier molecular flexibility index (Phi) is 6.62. The second-order valence-corrected chi connectivity index (χ2v) is 15.2. The van der Waals surface area contributed by atoms with E-state index >= 15 is 0 Å². The van der Waals surface area contributed by atoms with Crippen molar-refractivity contribution in [1.82, 2.24) is 4.57 Å². The fraction of sp³-hybridized carbons (Fsp3) is 0.0182. The van der Waals surface area contributed by atoms with E-state index in [1.165, 1.54) is 99.7 Å². The predicted octanol–water partition coefficient (Wildman–Crippen LogP) is 14.1. The van der Waals surface area contributed by atoms with Crippen LogP contribution in [0.5, 0.6) is 0 Å². The Morgan fingerprint density at radius 1 is 0.286 bits per heavy atom. The predicted molar refractivity (Wildman–Crippen MR) is 233 cm³/mol. The highest BCUT2D eigenvalue weighted by Gasteiger charge is 2.52. The molecule has 10 aromatic rings. The molecule has 1 spiro atoms. The first kappa shape index (κ1) is 31.2. The molecule has 0 fully saturated rings. The number of nitrogens with zero attached hydrogens (tertiary/aromatic N) is 1. The standard InChI is InChI=1S/C55H35N/c1-3-15-36(16-4-1)39-31-34-52-46(35-39)43-19-9-12-28-51(43)56(52)40-32-29-38(30-33-40)42-23-14-27-50-54(42)45-21-8-11-25-48(45)55(50)47-24-10-7-20-44(47)53-41(22-13-26-49(53)55)37-17-5-2-6-18-37/h1-35H. The van der Waals surface area contributed by atoms with Crippen LogP contribution < -0.4 is 0 Å². The lowest BCUT2D eigenvalue weighted by Gasteiger charge is -2.30. The number of benzene rings is 9. The Morgan fingerprint density at radius 2 is 0.750 bits per heavy atom. The summed E-state index contributed by atoms with van der Waals surface area (Å²) in [4.78, 5) is 0. The smallest absolute Gasteiger partial charge is 0.0725 e. The van der Waals surface area contributed by atoms with Crippen molar-refractivity contribution in [3.63, 3.8) is 0 Å². The maximum absolute atomic E-state index is 2.42. The van der Waals surface area contributed by atoms with E-state index in [-0.39, 0.29) is 0 Å². The largest absolute Gasteiger partial charge is 0.309 e. The molecule has 1 aromatic heterocycles. The molecule has 0 radical (unpaired) electrons. The molecule has 9 aromatic carbocycles. The van der Waals surface area contributed by atoms with Crippen molar-refractivity contribution < 1.29 is 0 Å². The van der Waals surface area contributed by atoms with Crippen LogP contribution in [0.4, 0.5) is 0 Å². The second kappa shape index (κ2) is 11.9. The first-order chi connectivity index (χ1) is 27.8. The van der Waals surface area contributed by atoms with Crippen LogP contribution in [0.15, 0.2) is 212 Å². The molecule has 0 bridgehead atoms. The summed E-state index contributed by atoms with van der Waals surface area (Å²) in [5.41, 5.74) is 21.4. The quantitative estimate of drug-likeness (QED) is 0.171. The lowest BCUT2D eigenvalue weighted by Crippen LogP contribution is -2.25. The molecular weight excluding hydrogens is 675 g/mol. The second-order valence-electron chi connectivity index (χ2n) is 15.2. The average molecular weight is 710 g/mol. The zero-order chi connectivity index (χ0) is 36.8. The van der Waals surface area contributed by atoms with Crippen molar-refractivity contribution in [3.8, 4) is 61.3 Å². The normalized spacial score (nSPS) is 14.9. The summed E-state index contributed by atoms with van der Waals surface area (Å²) in [5, 5.41) is 2.53. The first-order valence-corrected chi connectivity index (χ1v) is 19.5. The molecule has 2 aliphatic rings. The van der Waals surface area contributed by atoms with Gasteiger partial charge in [-0.2, -0.15) is 0 Å². The minimum absolute atomic E-state index is 0.416. The zero-order valence-corrected chi connectivity index (χ0v) is 30.7. The summed E-state index contributed by atoms with van der Waals surface area (Å²) in [6.45, 7) is 0. The van der Waals surface area contributed by atoms with E-state index in [2.05, 4.69) is 217 Å². The number of para-hydroxylation sites is 1. The van der Waals surface area contributed by atoms with Gasteiger partial charge in [0.1, 0.15) is 0 Å². The monoisotopic (exact) mass is 709 g/mol. The molecule has 0 amide bonds. The van der Waals surface area contributed by atoms with E-state index in [0.29, 0.717) is 0 Å². The van der Waals surface area contributed by atoms with Crippen LogP contribution in [0, 0.1) is 0 Å². The van der Waals surface area contributed by atoms with Gasteiger partial charge in [-0.3, -0.25) is 0 Å². The maximum atomic E-state index is 2.42. The highest BCUT2D eigenvalue weighted by Crippen LogP contribution is 2.65. The highest BCUT2D eigenvalue weighted by molar-refractivity contribution is 6.10. The number of rotatable bonds is 4. The summed E-state index contributed by atoms with van der Waals surface area (Å²) < 4.78 is 2.42. The van der Waals surface area contributed by atoms with Gasteiger partial charge in [0.05, 0.1) is 16.4 Å². The fourth-order valence-corrected chi connectivity index (χ4v) is 10.2. The van der Waals surface area contributed by atoms with Crippen LogP contribution in [-0.4, -0.2) is 4.57 Å². The van der Waals surface area contributed by atoms with E-state index < -0.39 is 5.41 Å². The number of fused-ring (bicyclic) bond motifs is 13. The first-order valence-electron chi connectivity index (χ1n) is 19.5. The zero-order valence-electron chi connectivity index (χ0n) is 30.7. The van der Waals surface area contributed by atoms with Crippen molar-refractivity contribution in [3.05, 3.63) is 235 Å². The van der Waals surface area contributed by atoms with Crippen molar-refractivity contribution in [2.75, 3.05) is 0 Å². The molecule has 1 heteroatoms. The molecule has 1 nitrogen and oxygen atoms in total. The highest BCUT2D eigenvalue weighted by atomic mass is 15.0. The lowest BCUT2D eigenvalue weighted by molar-refractivity contribution is 0.794. The summed E-state index contributed by atoms with van der Waals surface area (Å²) >= 11 is 0. The molecule has 260 valence electrons. The molecule has 12 rings (SSSR count). The third-order valence-electron chi connectivity index (χ3n) is 12.4. The summed E-state index contributed by atoms with van der Waals surface area (Å²) in [5.74, 6) is 0. The minimum Gasteiger partial charge on any atom is -0.309 e. The van der Waals surface area contributed by atoms with Gasteiger partial charge < -0.3 is 4.57 Å².